The summed E-state index contributed by atoms with van der Waals surface area (Å²) in [7, 11) is 1.62. The van der Waals surface area contributed by atoms with E-state index in [-0.39, 0.29) is 5.91 Å². The van der Waals surface area contributed by atoms with Gasteiger partial charge in [0.05, 0.1) is 26.0 Å². The highest BCUT2D eigenvalue weighted by Gasteiger charge is 2.18. The Hall–Kier alpha value is -3.06. The molecular formula is C22H26N4O3. The van der Waals surface area contributed by atoms with E-state index in [1.165, 1.54) is 5.69 Å². The van der Waals surface area contributed by atoms with E-state index in [0.29, 0.717) is 24.3 Å². The number of carbonyl (C=O) groups excluding carboxylic acids is 1. The number of ether oxygens (including phenoxy) is 2. The molecule has 1 aliphatic rings. The monoisotopic (exact) mass is 394 g/mol. The molecule has 0 atom stereocenters. The maximum absolute atomic E-state index is 12.9. The summed E-state index contributed by atoms with van der Waals surface area (Å²) in [4.78, 5) is 19.8. The van der Waals surface area contributed by atoms with Crippen LogP contribution < -0.4 is 15.0 Å². The third kappa shape index (κ3) is 4.05. The highest BCUT2D eigenvalue weighted by atomic mass is 16.5. The molecule has 2 aromatic heterocycles. The minimum Gasteiger partial charge on any atom is -0.497 e. The average molecular weight is 394 g/mol. The number of amides is 1. The fraction of sp³-hybridized carbons (Fsp3) is 0.364. The Morgan fingerprint density at radius 1 is 1.21 bits per heavy atom. The van der Waals surface area contributed by atoms with Crippen LogP contribution in [0.25, 0.3) is 5.65 Å². The maximum Gasteiger partial charge on any atom is 0.270 e. The van der Waals surface area contributed by atoms with E-state index in [1.807, 2.05) is 29.7 Å². The first-order valence-corrected chi connectivity index (χ1v) is 9.94. The van der Waals surface area contributed by atoms with Gasteiger partial charge < -0.3 is 19.7 Å². The van der Waals surface area contributed by atoms with Gasteiger partial charge in [-0.25, -0.2) is 4.98 Å². The molecule has 0 saturated carbocycles. The number of benzene rings is 1. The second-order valence-corrected chi connectivity index (χ2v) is 7.00. The molecule has 3 heterocycles. The molecule has 4 rings (SSSR count). The summed E-state index contributed by atoms with van der Waals surface area (Å²) in [5, 5.41) is 3.03. The predicted octanol–water partition coefficient (Wildman–Crippen LogP) is 2.67. The Balaban J connectivity index is 1.47. The molecule has 1 amide bonds. The molecule has 3 aromatic rings. The Morgan fingerprint density at radius 3 is 2.66 bits per heavy atom. The molecule has 7 heteroatoms. The van der Waals surface area contributed by atoms with Crippen molar-refractivity contribution < 1.29 is 14.3 Å². The summed E-state index contributed by atoms with van der Waals surface area (Å²) >= 11 is 0. The molecule has 1 fully saturated rings. The minimum atomic E-state index is -0.128. The van der Waals surface area contributed by atoms with Gasteiger partial charge in [-0.2, -0.15) is 0 Å². The van der Waals surface area contributed by atoms with Gasteiger partial charge in [0.25, 0.3) is 5.91 Å². The lowest BCUT2D eigenvalue weighted by Crippen LogP contribution is -2.36. The summed E-state index contributed by atoms with van der Waals surface area (Å²) in [6, 6.07) is 12.0. The first kappa shape index (κ1) is 19.3. The summed E-state index contributed by atoms with van der Waals surface area (Å²) in [6.45, 7) is 5.82. The number of aromatic nitrogens is 2. The lowest BCUT2D eigenvalue weighted by molar-refractivity contribution is 0.0944. The number of imidazole rings is 1. The predicted molar refractivity (Wildman–Crippen MR) is 112 cm³/mol. The molecule has 29 heavy (non-hydrogen) atoms. The zero-order valence-corrected chi connectivity index (χ0v) is 16.9. The number of hydrogen-bond donors (Lipinski definition) is 1. The van der Waals surface area contributed by atoms with E-state index in [1.54, 1.807) is 7.11 Å². The second kappa shape index (κ2) is 8.53. The summed E-state index contributed by atoms with van der Waals surface area (Å²) in [5.41, 5.74) is 4.31. The number of anilines is 1. The highest BCUT2D eigenvalue weighted by molar-refractivity contribution is 5.94. The number of nitrogens with zero attached hydrogens (tertiary/aromatic N) is 3. The van der Waals surface area contributed by atoms with Gasteiger partial charge in [-0.3, -0.25) is 9.20 Å². The van der Waals surface area contributed by atoms with E-state index >= 15 is 0 Å². The number of nitrogens with one attached hydrogen (secondary N) is 1. The van der Waals surface area contributed by atoms with Gasteiger partial charge in [-0.05, 0) is 30.2 Å². The lowest BCUT2D eigenvalue weighted by Gasteiger charge is -2.28. The van der Waals surface area contributed by atoms with Crippen LogP contribution in [-0.4, -0.2) is 48.7 Å². The third-order valence-electron chi connectivity index (χ3n) is 5.22. The van der Waals surface area contributed by atoms with Crippen LogP contribution in [0, 0.1) is 0 Å². The van der Waals surface area contributed by atoms with E-state index in [4.69, 9.17) is 9.47 Å². The van der Waals surface area contributed by atoms with Crippen molar-refractivity contribution in [2.45, 2.75) is 19.9 Å². The van der Waals surface area contributed by atoms with Crippen molar-refractivity contribution in [3.05, 3.63) is 59.5 Å². The molecule has 1 aliphatic heterocycles. The number of methoxy groups -OCH3 is 1. The number of pyridine rings is 1. The maximum atomic E-state index is 12.9. The SMILES string of the molecule is CCc1nc2cc(OC)ccn2c1C(=O)NCc1ccc(N2CCOCC2)cc1. The quantitative estimate of drug-likeness (QED) is 0.696. The molecule has 0 bridgehead atoms. The van der Waals surface area contributed by atoms with Gasteiger partial charge >= 0.3 is 0 Å². The molecule has 1 saturated heterocycles. The van der Waals surface area contributed by atoms with Crippen LogP contribution in [0.3, 0.4) is 0 Å². The first-order chi connectivity index (χ1) is 14.2. The lowest BCUT2D eigenvalue weighted by atomic mass is 10.1. The van der Waals surface area contributed by atoms with Crippen molar-refractivity contribution >= 4 is 17.2 Å². The van der Waals surface area contributed by atoms with Crippen LogP contribution in [0.1, 0.15) is 28.7 Å². The van der Waals surface area contributed by atoms with E-state index in [9.17, 15) is 4.79 Å². The normalized spacial score (nSPS) is 14.2. The van der Waals surface area contributed by atoms with Crippen molar-refractivity contribution in [3.8, 4) is 5.75 Å². The largest absolute Gasteiger partial charge is 0.497 e. The number of carbonyl (C=O) groups is 1. The van der Waals surface area contributed by atoms with E-state index in [0.717, 1.165) is 43.3 Å². The van der Waals surface area contributed by atoms with Crippen molar-refractivity contribution in [2.75, 3.05) is 38.3 Å². The van der Waals surface area contributed by atoms with Crippen molar-refractivity contribution in [3.63, 3.8) is 0 Å². The van der Waals surface area contributed by atoms with Crippen LogP contribution >= 0.6 is 0 Å². The van der Waals surface area contributed by atoms with Crippen molar-refractivity contribution in [2.24, 2.45) is 0 Å². The second-order valence-electron chi connectivity index (χ2n) is 7.00. The van der Waals surface area contributed by atoms with Crippen molar-refractivity contribution in [1.82, 2.24) is 14.7 Å². The van der Waals surface area contributed by atoms with Crippen LogP contribution in [0.2, 0.25) is 0 Å². The van der Waals surface area contributed by atoms with Gasteiger partial charge in [0.1, 0.15) is 17.1 Å². The fourth-order valence-corrected chi connectivity index (χ4v) is 3.60. The number of aryl methyl sites for hydroxylation is 1. The van der Waals surface area contributed by atoms with E-state index < -0.39 is 0 Å². The molecule has 1 aromatic carbocycles. The van der Waals surface area contributed by atoms with Crippen LogP contribution in [0.4, 0.5) is 5.69 Å². The van der Waals surface area contributed by atoms with Crippen LogP contribution in [-0.2, 0) is 17.7 Å². The first-order valence-electron chi connectivity index (χ1n) is 9.94. The smallest absolute Gasteiger partial charge is 0.270 e. The number of rotatable bonds is 6. The van der Waals surface area contributed by atoms with Gasteiger partial charge in [-0.1, -0.05) is 19.1 Å². The highest BCUT2D eigenvalue weighted by Crippen LogP contribution is 2.20. The Kier molecular flexibility index (Phi) is 5.67. The van der Waals surface area contributed by atoms with Gasteiger partial charge in [0.2, 0.25) is 0 Å². The Labute approximate surface area is 170 Å². The molecule has 0 radical (unpaired) electrons. The summed E-state index contributed by atoms with van der Waals surface area (Å²) in [6.07, 6.45) is 2.51. The average Bonchev–Trinajstić information content (AvgIpc) is 3.16. The third-order valence-corrected chi connectivity index (χ3v) is 5.22. The molecule has 0 unspecified atom stereocenters. The zero-order chi connectivity index (χ0) is 20.2. The van der Waals surface area contributed by atoms with Crippen molar-refractivity contribution in [1.29, 1.82) is 0 Å². The number of fused-ring (bicyclic) bond motifs is 1. The molecule has 152 valence electrons. The van der Waals surface area contributed by atoms with Crippen LogP contribution in [0.15, 0.2) is 42.6 Å². The topological polar surface area (TPSA) is 68.1 Å². The Bertz CT molecular complexity index is 991. The minimum absolute atomic E-state index is 0.128. The standard InChI is InChI=1S/C22H26N4O3/c1-3-19-21(26-9-8-18(28-2)14-20(26)24-19)22(27)23-15-16-4-6-17(7-5-16)25-10-12-29-13-11-25/h4-9,14H,3,10-13,15H2,1-2H3,(H,23,27). The van der Waals surface area contributed by atoms with Gasteiger partial charge in [0, 0.05) is 37.6 Å². The number of morpholine rings is 1. The van der Waals surface area contributed by atoms with Crippen LogP contribution in [0.5, 0.6) is 5.75 Å². The van der Waals surface area contributed by atoms with Gasteiger partial charge in [0.15, 0.2) is 0 Å². The van der Waals surface area contributed by atoms with E-state index in [2.05, 4.69) is 39.5 Å². The Morgan fingerprint density at radius 2 is 1.97 bits per heavy atom. The molecule has 0 aliphatic carbocycles. The zero-order valence-electron chi connectivity index (χ0n) is 16.9. The summed E-state index contributed by atoms with van der Waals surface area (Å²) in [5.74, 6) is 0.592. The number of hydrogen-bond acceptors (Lipinski definition) is 5. The fourth-order valence-electron chi connectivity index (χ4n) is 3.60. The molecule has 7 nitrogen and oxygen atoms in total. The molecule has 0 spiro atoms. The molecule has 1 N–H and O–H groups in total. The summed E-state index contributed by atoms with van der Waals surface area (Å²) < 4.78 is 12.5. The van der Waals surface area contributed by atoms with Gasteiger partial charge in [-0.15, -0.1) is 0 Å². The molecular weight excluding hydrogens is 368 g/mol.